The highest BCUT2D eigenvalue weighted by molar-refractivity contribution is 5.19. The zero-order chi connectivity index (χ0) is 9.68. The summed E-state index contributed by atoms with van der Waals surface area (Å²) in [5.41, 5.74) is 9.12. The normalized spacial score (nSPS) is 14.3. The summed E-state index contributed by atoms with van der Waals surface area (Å²) in [6, 6.07) is 8.72. The van der Waals surface area contributed by atoms with Crippen LogP contribution in [0.3, 0.4) is 0 Å². The van der Waals surface area contributed by atoms with E-state index in [-0.39, 0.29) is 0 Å². The Morgan fingerprint density at radius 1 is 1.38 bits per heavy atom. The van der Waals surface area contributed by atoms with Gasteiger partial charge < -0.3 is 5.11 Å². The summed E-state index contributed by atoms with van der Waals surface area (Å²) in [4.78, 5) is 2.70. The highest BCUT2D eigenvalue weighted by Gasteiger charge is 2.14. The van der Waals surface area contributed by atoms with Gasteiger partial charge in [-0.2, -0.15) is 0 Å². The van der Waals surface area contributed by atoms with Gasteiger partial charge in [0.1, 0.15) is 0 Å². The second-order valence-electron chi connectivity index (χ2n) is 2.80. The van der Waals surface area contributed by atoms with E-state index in [9.17, 15) is 5.11 Å². The molecule has 0 bridgehead atoms. The lowest BCUT2D eigenvalue weighted by Crippen LogP contribution is -2.11. The third-order valence-corrected chi connectivity index (χ3v) is 1.77. The van der Waals surface area contributed by atoms with Crippen molar-refractivity contribution in [2.45, 2.75) is 19.1 Å². The Hall–Kier alpha value is -1.51. The maximum atomic E-state index is 9.33. The lowest BCUT2D eigenvalue weighted by Gasteiger charge is -2.13. The van der Waals surface area contributed by atoms with Crippen LogP contribution in [0, 0.1) is 0 Å². The monoisotopic (exact) mass is 177 g/mol. The van der Waals surface area contributed by atoms with Gasteiger partial charge in [-0.1, -0.05) is 35.4 Å². The molecular weight excluding hydrogens is 166 g/mol. The Morgan fingerprint density at radius 2 is 2.00 bits per heavy atom. The fourth-order valence-corrected chi connectivity index (χ4v) is 1.15. The molecule has 68 valence electrons. The van der Waals surface area contributed by atoms with E-state index in [1.807, 2.05) is 30.3 Å². The molecule has 0 aromatic heterocycles. The largest absolute Gasteiger partial charge is 0.393 e. The van der Waals surface area contributed by atoms with Crippen LogP contribution in [0.2, 0.25) is 0 Å². The van der Waals surface area contributed by atoms with E-state index in [1.54, 1.807) is 6.92 Å². The SMILES string of the molecule is C[C@H](O)[C@H](N=[N+]=[N-])c1ccccc1. The van der Waals surface area contributed by atoms with Crippen molar-refractivity contribution in [1.29, 1.82) is 0 Å². The van der Waals surface area contributed by atoms with Gasteiger partial charge in [-0.15, -0.1) is 0 Å². The van der Waals surface area contributed by atoms with Crippen LogP contribution < -0.4 is 0 Å². The molecule has 0 radical (unpaired) electrons. The van der Waals surface area contributed by atoms with Crippen LogP contribution >= 0.6 is 0 Å². The molecule has 13 heavy (non-hydrogen) atoms. The molecule has 1 N–H and O–H groups in total. The quantitative estimate of drug-likeness (QED) is 0.430. The van der Waals surface area contributed by atoms with E-state index < -0.39 is 12.1 Å². The molecule has 0 fully saturated rings. The Labute approximate surface area is 76.5 Å². The number of benzene rings is 1. The fraction of sp³-hybridized carbons (Fsp3) is 0.333. The third-order valence-electron chi connectivity index (χ3n) is 1.77. The number of aliphatic hydroxyl groups is 1. The molecule has 1 aromatic rings. The van der Waals surface area contributed by atoms with Gasteiger partial charge in [0.05, 0.1) is 12.1 Å². The number of nitrogens with zero attached hydrogens (tertiary/aromatic N) is 3. The fourth-order valence-electron chi connectivity index (χ4n) is 1.15. The van der Waals surface area contributed by atoms with Gasteiger partial charge in [0, 0.05) is 4.91 Å². The summed E-state index contributed by atoms with van der Waals surface area (Å²) in [6.07, 6.45) is -0.668. The number of rotatable bonds is 3. The predicted octanol–water partition coefficient (Wildman–Crippen LogP) is 2.42. The van der Waals surface area contributed by atoms with Gasteiger partial charge in [0.25, 0.3) is 0 Å². The first kappa shape index (κ1) is 9.58. The maximum absolute atomic E-state index is 9.33. The van der Waals surface area contributed by atoms with Crippen molar-refractivity contribution < 1.29 is 5.11 Å². The summed E-state index contributed by atoms with van der Waals surface area (Å²) in [5.74, 6) is 0. The number of hydrogen-bond donors (Lipinski definition) is 1. The Kier molecular flexibility index (Phi) is 3.31. The van der Waals surface area contributed by atoms with Crippen LogP contribution in [-0.2, 0) is 0 Å². The van der Waals surface area contributed by atoms with Gasteiger partial charge in [-0.05, 0) is 18.0 Å². The molecule has 0 saturated heterocycles. The zero-order valence-corrected chi connectivity index (χ0v) is 7.33. The van der Waals surface area contributed by atoms with Crippen LogP contribution in [0.1, 0.15) is 18.5 Å². The molecule has 0 heterocycles. The second kappa shape index (κ2) is 4.50. The highest BCUT2D eigenvalue weighted by Crippen LogP contribution is 2.20. The molecule has 0 spiro atoms. The first-order chi connectivity index (χ1) is 6.25. The molecule has 4 nitrogen and oxygen atoms in total. The maximum Gasteiger partial charge on any atom is 0.0881 e. The molecule has 1 rings (SSSR count). The molecule has 4 heteroatoms. The van der Waals surface area contributed by atoms with Gasteiger partial charge in [0.2, 0.25) is 0 Å². The summed E-state index contributed by atoms with van der Waals surface area (Å²) >= 11 is 0. The minimum Gasteiger partial charge on any atom is -0.393 e. The van der Waals surface area contributed by atoms with Crippen molar-refractivity contribution in [3.05, 3.63) is 46.3 Å². The molecule has 0 aliphatic carbocycles. The van der Waals surface area contributed by atoms with Gasteiger partial charge in [-0.25, -0.2) is 0 Å². The first-order valence-electron chi connectivity index (χ1n) is 4.03. The predicted molar refractivity (Wildman–Crippen MR) is 50.0 cm³/mol. The topological polar surface area (TPSA) is 69.0 Å². The van der Waals surface area contributed by atoms with Crippen LogP contribution in [0.4, 0.5) is 0 Å². The van der Waals surface area contributed by atoms with Crippen molar-refractivity contribution >= 4 is 0 Å². The minimum atomic E-state index is -0.668. The van der Waals surface area contributed by atoms with E-state index in [4.69, 9.17) is 5.53 Å². The van der Waals surface area contributed by atoms with E-state index in [0.29, 0.717) is 0 Å². The number of aliphatic hydroxyl groups excluding tert-OH is 1. The summed E-state index contributed by atoms with van der Waals surface area (Å²) in [5, 5.41) is 12.9. The van der Waals surface area contributed by atoms with Crippen LogP contribution in [0.15, 0.2) is 35.4 Å². The van der Waals surface area contributed by atoms with E-state index in [2.05, 4.69) is 10.0 Å². The first-order valence-corrected chi connectivity index (χ1v) is 4.03. The van der Waals surface area contributed by atoms with E-state index >= 15 is 0 Å². The Bertz CT molecular complexity index is 304. The molecule has 0 unspecified atom stereocenters. The molecule has 0 aliphatic heterocycles. The van der Waals surface area contributed by atoms with Gasteiger partial charge in [-0.3, -0.25) is 0 Å². The smallest absolute Gasteiger partial charge is 0.0881 e. The molecule has 0 amide bonds. The second-order valence-corrected chi connectivity index (χ2v) is 2.80. The molecular formula is C9H11N3O. The van der Waals surface area contributed by atoms with E-state index in [1.165, 1.54) is 0 Å². The van der Waals surface area contributed by atoms with E-state index in [0.717, 1.165) is 5.56 Å². The lowest BCUT2D eigenvalue weighted by molar-refractivity contribution is 0.164. The molecule has 2 atom stereocenters. The van der Waals surface area contributed by atoms with Crippen LogP contribution in [-0.4, -0.2) is 11.2 Å². The average Bonchev–Trinajstić information content (AvgIpc) is 2.15. The van der Waals surface area contributed by atoms with Crippen LogP contribution in [0.5, 0.6) is 0 Å². The van der Waals surface area contributed by atoms with Crippen molar-refractivity contribution in [2.75, 3.05) is 0 Å². The molecule has 0 saturated carbocycles. The van der Waals surface area contributed by atoms with Crippen molar-refractivity contribution in [2.24, 2.45) is 5.11 Å². The lowest BCUT2D eigenvalue weighted by atomic mass is 10.0. The minimum absolute atomic E-state index is 0.494. The summed E-state index contributed by atoms with van der Waals surface area (Å²) < 4.78 is 0. The average molecular weight is 177 g/mol. The van der Waals surface area contributed by atoms with Gasteiger partial charge >= 0.3 is 0 Å². The van der Waals surface area contributed by atoms with Gasteiger partial charge in [0.15, 0.2) is 0 Å². The van der Waals surface area contributed by atoms with Crippen molar-refractivity contribution in [1.82, 2.24) is 0 Å². The summed E-state index contributed by atoms with van der Waals surface area (Å²) in [6.45, 7) is 1.60. The molecule has 0 aliphatic rings. The highest BCUT2D eigenvalue weighted by atomic mass is 16.3. The van der Waals surface area contributed by atoms with Crippen molar-refractivity contribution in [3.8, 4) is 0 Å². The number of hydrogen-bond acceptors (Lipinski definition) is 2. The standard InChI is InChI=1S/C9H11N3O/c1-7(13)9(11-12-10)8-5-3-2-4-6-8/h2-7,9,13H,1H3/t7-,9-/m0/s1. The Balaban J connectivity index is 2.95. The summed E-state index contributed by atoms with van der Waals surface area (Å²) in [7, 11) is 0. The number of azide groups is 1. The molecule has 1 aromatic carbocycles. The van der Waals surface area contributed by atoms with Crippen LogP contribution in [0.25, 0.3) is 10.4 Å². The van der Waals surface area contributed by atoms with Crippen molar-refractivity contribution in [3.63, 3.8) is 0 Å². The Morgan fingerprint density at radius 3 is 2.46 bits per heavy atom. The third kappa shape index (κ3) is 2.47. The zero-order valence-electron chi connectivity index (χ0n) is 7.33.